The third-order valence-corrected chi connectivity index (χ3v) is 13.4. The van der Waals surface area contributed by atoms with E-state index in [0.29, 0.717) is 21.6 Å². The number of nitrogens with zero attached hydrogens (tertiary/aromatic N) is 2. The van der Waals surface area contributed by atoms with Gasteiger partial charge in [0.05, 0.1) is 0 Å². The van der Waals surface area contributed by atoms with Crippen LogP contribution in [0.2, 0.25) is 16.6 Å². The fraction of sp³-hybridized carbons (Fsp3) is 0.562. The van der Waals surface area contributed by atoms with Crippen LogP contribution in [0, 0.1) is 0 Å². The van der Waals surface area contributed by atoms with Gasteiger partial charge in [-0.15, -0.1) is 0 Å². The average molecular weight is 389 g/mol. The van der Waals surface area contributed by atoms with Gasteiger partial charge in [0.25, 0.3) is 0 Å². The van der Waals surface area contributed by atoms with Crippen LogP contribution in [0.5, 0.6) is 0 Å². The first-order valence-electron chi connectivity index (χ1n) is 7.96. The summed E-state index contributed by atoms with van der Waals surface area (Å²) in [7, 11) is 0.950. The molecule has 7 heteroatoms. The molecule has 0 N–H and O–H groups in total. The van der Waals surface area contributed by atoms with Crippen molar-refractivity contribution in [2.24, 2.45) is 0 Å². The molecule has 0 aromatic carbocycles. The van der Waals surface area contributed by atoms with Crippen molar-refractivity contribution in [3.8, 4) is 0 Å². The molecule has 0 aliphatic carbocycles. The zero-order chi connectivity index (χ0) is 17.6. The minimum atomic E-state index is -3.00. The Hall–Kier alpha value is -0.433. The molecule has 0 radical (unpaired) electrons. The second-order valence-corrected chi connectivity index (χ2v) is 17.3. The monoisotopic (exact) mass is 388 g/mol. The summed E-state index contributed by atoms with van der Waals surface area (Å²) in [4.78, 5) is 4.61. The topological polar surface area (TPSA) is 34.9 Å². The largest absolute Gasteiger partial charge is 0.359 e. The Balaban J connectivity index is 2.84. The molecule has 2 rings (SSSR count). The van der Waals surface area contributed by atoms with E-state index in [0.717, 1.165) is 11.0 Å². The molecule has 2 heterocycles. The summed E-state index contributed by atoms with van der Waals surface area (Å²) in [5.41, 5.74) is 2.51. The second-order valence-electron chi connectivity index (χ2n) is 7.04. The molecule has 1 atom stereocenters. The molecule has 0 aliphatic heterocycles. The van der Waals surface area contributed by atoms with Crippen LogP contribution in [0.15, 0.2) is 29.4 Å². The standard InChI is InChI=1S/C16H25ClN2OS2Si/c1-11(2)23(12(3)4,13(5)6)19-10-9-14-7-8-15(18-16(14)19)22(17,20)21/h7-13H,1-6H3. The summed E-state index contributed by atoms with van der Waals surface area (Å²) in [6.45, 7) is 13.8. The lowest BCUT2D eigenvalue weighted by molar-refractivity contribution is 0.687. The summed E-state index contributed by atoms with van der Waals surface area (Å²) < 4.78 is 14.4. The van der Waals surface area contributed by atoms with Gasteiger partial charge >= 0.3 is 0 Å². The Kier molecular flexibility index (Phi) is 5.31. The minimum Gasteiger partial charge on any atom is -0.359 e. The lowest BCUT2D eigenvalue weighted by Gasteiger charge is -2.44. The van der Waals surface area contributed by atoms with Gasteiger partial charge in [-0.25, -0.2) is 9.19 Å². The Labute approximate surface area is 149 Å². The van der Waals surface area contributed by atoms with Crippen molar-refractivity contribution in [3.05, 3.63) is 24.4 Å². The maximum atomic E-state index is 12.0. The van der Waals surface area contributed by atoms with Gasteiger partial charge in [0.1, 0.15) is 10.7 Å². The maximum absolute atomic E-state index is 12.0. The lowest BCUT2D eigenvalue weighted by atomic mass is 10.3. The van der Waals surface area contributed by atoms with Crippen LogP contribution in [0.4, 0.5) is 0 Å². The zero-order valence-corrected chi connectivity index (χ0v) is 17.9. The van der Waals surface area contributed by atoms with Gasteiger partial charge in [-0.05, 0) is 51.7 Å². The molecule has 0 bridgehead atoms. The molecule has 0 amide bonds. The van der Waals surface area contributed by atoms with Crippen LogP contribution in [0.3, 0.4) is 0 Å². The summed E-state index contributed by atoms with van der Waals surface area (Å²) in [5, 5.41) is 1.34. The number of hydrogen-bond acceptors (Lipinski definition) is 3. The average Bonchev–Trinajstić information content (AvgIpc) is 2.80. The smallest absolute Gasteiger partial charge is 0.171 e. The molecule has 0 fully saturated rings. The highest BCUT2D eigenvalue weighted by Gasteiger charge is 2.46. The lowest BCUT2D eigenvalue weighted by Crippen LogP contribution is -2.51. The second kappa shape index (κ2) is 6.46. The van der Waals surface area contributed by atoms with Crippen molar-refractivity contribution in [1.29, 1.82) is 0 Å². The quantitative estimate of drug-likeness (QED) is 0.513. The van der Waals surface area contributed by atoms with Crippen molar-refractivity contribution in [3.63, 3.8) is 0 Å². The molecule has 2 aromatic rings. The number of pyridine rings is 1. The third kappa shape index (κ3) is 3.11. The molecule has 128 valence electrons. The molecule has 0 saturated carbocycles. The van der Waals surface area contributed by atoms with Crippen molar-refractivity contribution >= 4 is 48.8 Å². The van der Waals surface area contributed by atoms with Crippen molar-refractivity contribution in [2.75, 3.05) is 0 Å². The van der Waals surface area contributed by atoms with Crippen LogP contribution in [-0.2, 0) is 18.9 Å². The van der Waals surface area contributed by atoms with E-state index in [-0.39, 0.29) is 0 Å². The number of fused-ring (bicyclic) bond motifs is 1. The molecular weight excluding hydrogens is 364 g/mol. The number of hydrogen-bond donors (Lipinski definition) is 0. The highest BCUT2D eigenvalue weighted by atomic mass is 35.7. The van der Waals surface area contributed by atoms with Crippen LogP contribution < -0.4 is 0 Å². The van der Waals surface area contributed by atoms with Gasteiger partial charge < -0.3 is 4.23 Å². The number of rotatable bonds is 5. The molecule has 0 spiro atoms. The Bertz CT molecular complexity index is 791. The van der Waals surface area contributed by atoms with E-state index in [9.17, 15) is 4.21 Å². The molecule has 0 saturated heterocycles. The van der Waals surface area contributed by atoms with E-state index in [2.05, 4.69) is 63.0 Å². The van der Waals surface area contributed by atoms with Gasteiger partial charge in [0.15, 0.2) is 15.9 Å². The fourth-order valence-corrected chi connectivity index (χ4v) is 11.8. The van der Waals surface area contributed by atoms with Gasteiger partial charge in [0.2, 0.25) is 0 Å². The molecular formula is C16H25ClN2OS2Si. The van der Waals surface area contributed by atoms with Gasteiger partial charge in [-0.3, -0.25) is 0 Å². The van der Waals surface area contributed by atoms with E-state index >= 15 is 0 Å². The van der Waals surface area contributed by atoms with E-state index in [1.165, 1.54) is 0 Å². The summed E-state index contributed by atoms with van der Waals surface area (Å²) in [6.07, 6.45) is 2.15. The molecule has 2 aromatic heterocycles. The highest BCUT2D eigenvalue weighted by Crippen LogP contribution is 2.44. The zero-order valence-electron chi connectivity index (χ0n) is 14.5. The Morgan fingerprint density at radius 1 is 1.09 bits per heavy atom. The van der Waals surface area contributed by atoms with E-state index in [1.807, 2.05) is 6.07 Å². The third-order valence-electron chi connectivity index (χ3n) is 4.95. The van der Waals surface area contributed by atoms with E-state index in [1.54, 1.807) is 6.07 Å². The first-order valence-corrected chi connectivity index (χ1v) is 13.4. The highest BCUT2D eigenvalue weighted by molar-refractivity contribution is 8.46. The molecule has 1 unspecified atom stereocenters. The summed E-state index contributed by atoms with van der Waals surface area (Å²) in [5.74, 6) is 0. The summed E-state index contributed by atoms with van der Waals surface area (Å²) in [6, 6.07) is 5.68. The van der Waals surface area contributed by atoms with Crippen molar-refractivity contribution in [1.82, 2.24) is 9.22 Å². The van der Waals surface area contributed by atoms with Crippen molar-refractivity contribution in [2.45, 2.75) is 63.2 Å². The normalized spacial score (nSPS) is 15.7. The fourth-order valence-electron chi connectivity index (χ4n) is 4.27. The predicted molar refractivity (Wildman–Crippen MR) is 106 cm³/mol. The van der Waals surface area contributed by atoms with Crippen LogP contribution in [0.1, 0.15) is 41.5 Å². The van der Waals surface area contributed by atoms with Crippen molar-refractivity contribution < 1.29 is 4.21 Å². The van der Waals surface area contributed by atoms with Crippen LogP contribution >= 0.6 is 10.7 Å². The SMILES string of the molecule is CC(C)[Si](C(C)C)(C(C)C)n1ccc2ccc(S(=O)(=S)Cl)nc21. The summed E-state index contributed by atoms with van der Waals surface area (Å²) >= 11 is 4.91. The predicted octanol–water partition coefficient (Wildman–Crippen LogP) is 5.32. The van der Waals surface area contributed by atoms with Gasteiger partial charge in [-0.2, -0.15) is 0 Å². The first-order chi connectivity index (χ1) is 10.5. The van der Waals surface area contributed by atoms with E-state index < -0.39 is 15.9 Å². The van der Waals surface area contributed by atoms with E-state index in [4.69, 9.17) is 21.9 Å². The van der Waals surface area contributed by atoms with Gasteiger partial charge in [-0.1, -0.05) is 41.5 Å². The maximum Gasteiger partial charge on any atom is 0.171 e. The van der Waals surface area contributed by atoms with Crippen LogP contribution in [-0.4, -0.2) is 21.7 Å². The Morgan fingerprint density at radius 3 is 2.04 bits per heavy atom. The molecule has 23 heavy (non-hydrogen) atoms. The molecule has 0 aliphatic rings. The first kappa shape index (κ1) is 18.9. The van der Waals surface area contributed by atoms with Crippen LogP contribution in [0.25, 0.3) is 11.0 Å². The van der Waals surface area contributed by atoms with Gasteiger partial charge in [0, 0.05) is 16.6 Å². The minimum absolute atomic E-state index is 0.292. The Morgan fingerprint density at radius 2 is 1.61 bits per heavy atom. The molecule has 3 nitrogen and oxygen atoms in total. The number of halogens is 1. The number of aromatic nitrogens is 2.